The summed E-state index contributed by atoms with van der Waals surface area (Å²) in [4.78, 5) is 0. The normalized spacial score (nSPS) is 17.4. The molecule has 0 spiro atoms. The third-order valence-corrected chi connectivity index (χ3v) is 3.66. The van der Waals surface area contributed by atoms with Crippen molar-refractivity contribution in [3.05, 3.63) is 34.9 Å². The van der Waals surface area contributed by atoms with Crippen LogP contribution in [0, 0.1) is 11.8 Å². The molecule has 94 valence electrons. The molecule has 2 rings (SSSR count). The summed E-state index contributed by atoms with van der Waals surface area (Å²) >= 11 is 5.94. The average Bonchev–Trinajstić information content (AvgIpc) is 3.10. The lowest BCUT2D eigenvalue weighted by atomic mass is 9.94. The van der Waals surface area contributed by atoms with E-state index >= 15 is 0 Å². The molecule has 2 heteroatoms. The zero-order valence-corrected chi connectivity index (χ0v) is 11.5. The van der Waals surface area contributed by atoms with E-state index in [-0.39, 0.29) is 0 Å². The third-order valence-electron chi connectivity index (χ3n) is 3.41. The van der Waals surface area contributed by atoms with Crippen LogP contribution in [0.1, 0.15) is 38.2 Å². The van der Waals surface area contributed by atoms with E-state index in [1.54, 1.807) is 0 Å². The van der Waals surface area contributed by atoms with E-state index in [1.165, 1.54) is 18.4 Å². The highest BCUT2D eigenvalue weighted by Gasteiger charge is 2.31. The number of benzene rings is 1. The van der Waals surface area contributed by atoms with Gasteiger partial charge in [-0.25, -0.2) is 0 Å². The fourth-order valence-corrected chi connectivity index (χ4v) is 2.42. The molecular formula is C15H22ClN. The fraction of sp³-hybridized carbons (Fsp3) is 0.600. The zero-order valence-electron chi connectivity index (χ0n) is 10.7. The first-order valence-electron chi connectivity index (χ1n) is 6.63. The van der Waals surface area contributed by atoms with Gasteiger partial charge in [0.2, 0.25) is 0 Å². The summed E-state index contributed by atoms with van der Waals surface area (Å²) in [5.41, 5.74) is 1.44. The number of nitrogens with one attached hydrogen (secondary N) is 1. The van der Waals surface area contributed by atoms with Crippen molar-refractivity contribution in [2.24, 2.45) is 11.8 Å². The van der Waals surface area contributed by atoms with Gasteiger partial charge < -0.3 is 5.32 Å². The van der Waals surface area contributed by atoms with Gasteiger partial charge in [0.1, 0.15) is 0 Å². The van der Waals surface area contributed by atoms with Crippen LogP contribution in [0.4, 0.5) is 0 Å². The van der Waals surface area contributed by atoms with E-state index in [9.17, 15) is 0 Å². The molecule has 1 nitrogen and oxygen atoms in total. The minimum Gasteiger partial charge on any atom is -0.316 e. The Bertz CT molecular complexity index is 340. The van der Waals surface area contributed by atoms with Crippen LogP contribution >= 0.6 is 11.6 Å². The summed E-state index contributed by atoms with van der Waals surface area (Å²) in [6.07, 6.45) is 2.77. The van der Waals surface area contributed by atoms with Crippen LogP contribution in [0.2, 0.25) is 5.02 Å². The Morgan fingerprint density at radius 2 is 1.82 bits per heavy atom. The van der Waals surface area contributed by atoms with Crippen LogP contribution < -0.4 is 5.32 Å². The lowest BCUT2D eigenvalue weighted by Gasteiger charge is -2.18. The molecule has 0 amide bonds. The third kappa shape index (κ3) is 4.01. The maximum absolute atomic E-state index is 5.94. The van der Waals surface area contributed by atoms with Crippen LogP contribution in [0.3, 0.4) is 0 Å². The Hall–Kier alpha value is -0.530. The highest BCUT2D eigenvalue weighted by Crippen LogP contribution is 2.42. The van der Waals surface area contributed by atoms with Crippen molar-refractivity contribution in [1.82, 2.24) is 5.32 Å². The maximum Gasteiger partial charge on any atom is 0.0406 e. The van der Waals surface area contributed by atoms with E-state index in [4.69, 9.17) is 11.6 Å². The van der Waals surface area contributed by atoms with Crippen LogP contribution in [-0.2, 0) is 0 Å². The van der Waals surface area contributed by atoms with E-state index in [0.29, 0.717) is 5.92 Å². The molecule has 1 saturated carbocycles. The summed E-state index contributed by atoms with van der Waals surface area (Å²) in [6, 6.07) is 8.38. The van der Waals surface area contributed by atoms with Gasteiger partial charge in [-0.15, -0.1) is 0 Å². The molecule has 1 fully saturated rings. The van der Waals surface area contributed by atoms with Gasteiger partial charge in [0.15, 0.2) is 0 Å². The van der Waals surface area contributed by atoms with Crippen LogP contribution in [0.15, 0.2) is 24.3 Å². The van der Waals surface area contributed by atoms with Gasteiger partial charge in [0.05, 0.1) is 0 Å². The minimum absolute atomic E-state index is 0.672. The fourth-order valence-electron chi connectivity index (χ4n) is 2.29. The van der Waals surface area contributed by atoms with Crippen LogP contribution in [0.5, 0.6) is 0 Å². The Balaban J connectivity index is 1.94. The first-order valence-corrected chi connectivity index (χ1v) is 7.01. The molecular weight excluding hydrogens is 230 g/mol. The summed E-state index contributed by atoms with van der Waals surface area (Å²) in [7, 11) is 0. The Labute approximate surface area is 110 Å². The van der Waals surface area contributed by atoms with Crippen molar-refractivity contribution in [2.75, 3.05) is 13.1 Å². The van der Waals surface area contributed by atoms with Crippen molar-refractivity contribution in [3.8, 4) is 0 Å². The molecule has 0 aliphatic heterocycles. The molecule has 1 aromatic carbocycles. The highest BCUT2D eigenvalue weighted by atomic mass is 35.5. The number of hydrogen-bond acceptors (Lipinski definition) is 1. The largest absolute Gasteiger partial charge is 0.316 e. The lowest BCUT2D eigenvalue weighted by molar-refractivity contribution is 0.491. The van der Waals surface area contributed by atoms with Gasteiger partial charge in [-0.05, 0) is 54.8 Å². The second-order valence-corrected chi connectivity index (χ2v) is 5.98. The molecule has 1 atom stereocenters. The van der Waals surface area contributed by atoms with Gasteiger partial charge in [-0.3, -0.25) is 0 Å². The van der Waals surface area contributed by atoms with Crippen LogP contribution in [0.25, 0.3) is 0 Å². The van der Waals surface area contributed by atoms with Gasteiger partial charge in [0, 0.05) is 11.6 Å². The quantitative estimate of drug-likeness (QED) is 0.803. The molecule has 1 aliphatic carbocycles. The molecule has 0 heterocycles. The van der Waals surface area contributed by atoms with Crippen molar-refractivity contribution in [2.45, 2.75) is 32.6 Å². The standard InChI is InChI=1S/C15H22ClN/c1-11(2)9-17-10-15(12-3-4-12)13-5-7-14(16)8-6-13/h5-8,11-12,15,17H,3-4,9-10H2,1-2H3. The Kier molecular flexibility index (Phi) is 4.47. The average molecular weight is 252 g/mol. The second-order valence-electron chi connectivity index (χ2n) is 5.55. The topological polar surface area (TPSA) is 12.0 Å². The van der Waals surface area contributed by atoms with Gasteiger partial charge in [-0.1, -0.05) is 37.6 Å². The molecule has 1 N–H and O–H groups in total. The molecule has 17 heavy (non-hydrogen) atoms. The van der Waals surface area contributed by atoms with Gasteiger partial charge in [-0.2, -0.15) is 0 Å². The zero-order chi connectivity index (χ0) is 12.3. The number of rotatable bonds is 6. The number of halogens is 1. The minimum atomic E-state index is 0.672. The van der Waals surface area contributed by atoms with Crippen molar-refractivity contribution in [1.29, 1.82) is 0 Å². The predicted octanol–water partition coefficient (Wildman–Crippen LogP) is 4.08. The summed E-state index contributed by atoms with van der Waals surface area (Å²) < 4.78 is 0. The van der Waals surface area contributed by atoms with E-state index in [1.807, 2.05) is 12.1 Å². The monoisotopic (exact) mass is 251 g/mol. The van der Waals surface area contributed by atoms with Gasteiger partial charge >= 0.3 is 0 Å². The predicted molar refractivity (Wildman–Crippen MR) is 74.6 cm³/mol. The molecule has 0 radical (unpaired) electrons. The van der Waals surface area contributed by atoms with Crippen molar-refractivity contribution in [3.63, 3.8) is 0 Å². The maximum atomic E-state index is 5.94. The van der Waals surface area contributed by atoms with E-state index in [2.05, 4.69) is 31.3 Å². The Morgan fingerprint density at radius 3 is 2.35 bits per heavy atom. The van der Waals surface area contributed by atoms with E-state index in [0.717, 1.165) is 29.9 Å². The first-order chi connectivity index (χ1) is 8.16. The summed E-state index contributed by atoms with van der Waals surface area (Å²) in [5, 5.41) is 4.42. The Morgan fingerprint density at radius 1 is 1.18 bits per heavy atom. The molecule has 1 aliphatic rings. The van der Waals surface area contributed by atoms with E-state index < -0.39 is 0 Å². The summed E-state index contributed by atoms with van der Waals surface area (Å²) in [6.45, 7) is 6.71. The molecule has 0 saturated heterocycles. The number of hydrogen-bond donors (Lipinski definition) is 1. The first kappa shape index (κ1) is 12.9. The molecule has 1 unspecified atom stereocenters. The molecule has 0 bridgehead atoms. The highest BCUT2D eigenvalue weighted by molar-refractivity contribution is 6.30. The lowest BCUT2D eigenvalue weighted by Crippen LogP contribution is -2.26. The molecule has 0 aromatic heterocycles. The van der Waals surface area contributed by atoms with Crippen LogP contribution in [-0.4, -0.2) is 13.1 Å². The second kappa shape index (κ2) is 5.88. The van der Waals surface area contributed by atoms with Gasteiger partial charge in [0.25, 0.3) is 0 Å². The summed E-state index contributed by atoms with van der Waals surface area (Å²) in [5.74, 6) is 2.28. The SMILES string of the molecule is CC(C)CNCC(c1ccc(Cl)cc1)C1CC1. The smallest absolute Gasteiger partial charge is 0.0406 e. The molecule has 1 aromatic rings. The van der Waals surface area contributed by atoms with Crippen molar-refractivity contribution < 1.29 is 0 Å². The van der Waals surface area contributed by atoms with Crippen molar-refractivity contribution >= 4 is 11.6 Å².